The summed E-state index contributed by atoms with van der Waals surface area (Å²) in [6.45, 7) is 4.75. The Morgan fingerprint density at radius 3 is 1.25 bits per heavy atom. The molecular formula is CH4CoN2. The van der Waals surface area contributed by atoms with Crippen LogP contribution < -0.4 is 6.15 Å². The number of hydrogen-bond acceptors (Lipinski definition) is 1. The van der Waals surface area contributed by atoms with E-state index in [0.717, 1.165) is 0 Å². The first-order valence-electron chi connectivity index (χ1n) is 0.224. The maximum atomic E-state index is 6.25. The van der Waals surface area contributed by atoms with E-state index < -0.39 is 0 Å². The van der Waals surface area contributed by atoms with Crippen LogP contribution in [0.4, 0.5) is 0 Å². The van der Waals surface area contributed by atoms with E-state index in [1.54, 1.807) is 0 Å². The number of nitrogens with zero attached hydrogens (tertiary/aromatic N) is 1. The van der Waals surface area contributed by atoms with Crippen molar-refractivity contribution in [1.29, 1.82) is 5.26 Å². The van der Waals surface area contributed by atoms with Crippen molar-refractivity contribution in [3.8, 4) is 0 Å². The van der Waals surface area contributed by atoms with Gasteiger partial charge in [-0.3, -0.25) is 0 Å². The Labute approximate surface area is 35.6 Å². The smallest absolute Gasteiger partial charge is 0 e. The molecule has 3 heteroatoms. The Kier molecular flexibility index (Phi) is 56500. The van der Waals surface area contributed by atoms with Crippen molar-refractivity contribution < 1.29 is 16.8 Å². The van der Waals surface area contributed by atoms with Crippen molar-refractivity contribution in [2.24, 2.45) is 0 Å². The second-order valence-electron chi connectivity index (χ2n) is 0. The predicted molar refractivity (Wildman–Crippen MR) is 11.0 cm³/mol. The molecule has 0 amide bonds. The van der Waals surface area contributed by atoms with E-state index in [1.807, 2.05) is 0 Å². The van der Waals surface area contributed by atoms with Crippen LogP contribution in [0.3, 0.4) is 0 Å². The van der Waals surface area contributed by atoms with Gasteiger partial charge in [-0.15, -0.1) is 0 Å². The number of rotatable bonds is 0. The van der Waals surface area contributed by atoms with Gasteiger partial charge in [-0.25, -0.2) is 0 Å². The molecule has 0 aromatic heterocycles. The van der Waals surface area contributed by atoms with Crippen LogP contribution in [0.15, 0.2) is 0 Å². The summed E-state index contributed by atoms with van der Waals surface area (Å²) < 4.78 is 0. The minimum Gasteiger partial charge on any atom is -0.512 e. The average molecular weight is 103 g/mol. The van der Waals surface area contributed by atoms with Gasteiger partial charge in [0.1, 0.15) is 0 Å². The summed E-state index contributed by atoms with van der Waals surface area (Å²) in [6, 6.07) is 0. The van der Waals surface area contributed by atoms with Crippen LogP contribution in [0.2, 0.25) is 0 Å². The summed E-state index contributed by atoms with van der Waals surface area (Å²) >= 11 is 0. The van der Waals surface area contributed by atoms with E-state index in [0.29, 0.717) is 0 Å². The minimum atomic E-state index is 0. The average Bonchev–Trinajstić information content (AvgIpc) is 1.00. The molecule has 0 fully saturated rings. The van der Waals surface area contributed by atoms with Crippen molar-refractivity contribution in [2.45, 2.75) is 0 Å². The molecule has 0 aliphatic heterocycles. The number of quaternary nitrogens is 1. The van der Waals surface area contributed by atoms with Gasteiger partial charge in [0.05, 0.1) is 0 Å². The Balaban J connectivity index is -0.00000000500. The fourth-order valence-electron chi connectivity index (χ4n) is 0. The third-order valence-electron chi connectivity index (χ3n) is 0. The molecule has 0 heterocycles. The van der Waals surface area contributed by atoms with Crippen LogP contribution in [0.1, 0.15) is 0 Å². The van der Waals surface area contributed by atoms with Crippen LogP contribution in [-0.4, -0.2) is 0 Å². The summed E-state index contributed by atoms with van der Waals surface area (Å²) in [5, 5.41) is 6.25. The predicted octanol–water partition coefficient (Wildman–Crippen LogP) is 0.470. The Morgan fingerprint density at radius 1 is 1.25 bits per heavy atom. The van der Waals surface area contributed by atoms with E-state index >= 15 is 0 Å². The monoisotopic (exact) mass is 103 g/mol. The molecule has 0 rings (SSSR count). The standard InChI is InChI=1S/CN.Co.H3N/c1-2;;/h;;1H3/q-1;;/p+1. The van der Waals surface area contributed by atoms with Crippen LogP contribution in [-0.2, 0) is 16.8 Å². The van der Waals surface area contributed by atoms with Gasteiger partial charge in [0.25, 0.3) is 0 Å². The van der Waals surface area contributed by atoms with Crippen LogP contribution >= 0.6 is 0 Å². The van der Waals surface area contributed by atoms with E-state index in [1.165, 1.54) is 0 Å². The van der Waals surface area contributed by atoms with Crippen molar-refractivity contribution >= 4 is 0 Å². The second kappa shape index (κ2) is 5980. The Morgan fingerprint density at radius 2 is 1.25 bits per heavy atom. The summed E-state index contributed by atoms with van der Waals surface area (Å²) in [4.78, 5) is 0. The van der Waals surface area contributed by atoms with E-state index in [2.05, 4.69) is 0 Å². The molecule has 0 aliphatic rings. The van der Waals surface area contributed by atoms with E-state index in [-0.39, 0.29) is 22.9 Å². The van der Waals surface area contributed by atoms with Gasteiger partial charge in [0.2, 0.25) is 0 Å². The molecule has 0 aromatic carbocycles. The maximum Gasteiger partial charge on any atom is 0 e. The van der Waals surface area contributed by atoms with E-state index in [4.69, 9.17) is 11.8 Å². The van der Waals surface area contributed by atoms with Crippen LogP contribution in [0, 0.1) is 11.8 Å². The molecule has 27 valence electrons. The normalized spacial score (nSPS) is 0.500. The van der Waals surface area contributed by atoms with Gasteiger partial charge in [-0.1, -0.05) is 0 Å². The fraction of sp³-hybridized carbons (Fsp3) is 0. The van der Waals surface area contributed by atoms with Gasteiger partial charge in [0.15, 0.2) is 0 Å². The minimum absolute atomic E-state index is 0. The molecule has 0 spiro atoms. The van der Waals surface area contributed by atoms with Crippen molar-refractivity contribution in [3.05, 3.63) is 6.57 Å². The van der Waals surface area contributed by atoms with Crippen LogP contribution in [0.5, 0.6) is 0 Å². The molecule has 4 heavy (non-hydrogen) atoms. The largest absolute Gasteiger partial charge is 0.512 e. The molecule has 1 radical (unpaired) electrons. The molecule has 0 atom stereocenters. The van der Waals surface area contributed by atoms with E-state index in [9.17, 15) is 0 Å². The van der Waals surface area contributed by atoms with Gasteiger partial charge >= 0.3 is 0 Å². The van der Waals surface area contributed by atoms with Crippen molar-refractivity contribution in [1.82, 2.24) is 6.15 Å². The molecule has 0 saturated carbocycles. The number of hydrogen-bond donors (Lipinski definition) is 1. The molecular weight excluding hydrogens is 99.0 g/mol. The van der Waals surface area contributed by atoms with Crippen molar-refractivity contribution in [3.63, 3.8) is 0 Å². The second-order valence-corrected chi connectivity index (χ2v) is 0. The van der Waals surface area contributed by atoms with Gasteiger partial charge in [0, 0.05) is 16.8 Å². The van der Waals surface area contributed by atoms with Crippen molar-refractivity contribution in [2.75, 3.05) is 0 Å². The Bertz CT molecular complexity index is 10.8. The molecule has 0 unspecified atom stereocenters. The maximum absolute atomic E-state index is 6.25. The van der Waals surface area contributed by atoms with Gasteiger partial charge < -0.3 is 18.0 Å². The molecule has 4 N–H and O–H groups in total. The topological polar surface area (TPSA) is 60.3 Å². The zero-order valence-electron chi connectivity index (χ0n) is 2.28. The fourth-order valence-corrected chi connectivity index (χ4v) is 0. The SMILES string of the molecule is [C-]#N.[Co].[NH4+]. The quantitative estimate of drug-likeness (QED) is 0.445. The van der Waals surface area contributed by atoms with Gasteiger partial charge in [-0.05, 0) is 0 Å². The van der Waals surface area contributed by atoms with Gasteiger partial charge in [-0.2, -0.15) is 0 Å². The molecule has 0 bridgehead atoms. The third kappa shape index (κ3) is 946. The molecule has 0 aliphatic carbocycles. The molecule has 0 aromatic rings. The zero-order valence-corrected chi connectivity index (χ0v) is 3.32. The first kappa shape index (κ1) is 37.8. The third-order valence-corrected chi connectivity index (χ3v) is 0. The summed E-state index contributed by atoms with van der Waals surface area (Å²) in [5.74, 6) is 0. The Hall–Kier alpha value is -0.0435. The summed E-state index contributed by atoms with van der Waals surface area (Å²) in [6.07, 6.45) is 0. The summed E-state index contributed by atoms with van der Waals surface area (Å²) in [7, 11) is 0. The van der Waals surface area contributed by atoms with Crippen LogP contribution in [0.25, 0.3) is 0 Å². The first-order valence-corrected chi connectivity index (χ1v) is 0.224. The first-order chi connectivity index (χ1) is 1.00. The molecule has 2 nitrogen and oxygen atoms in total. The summed E-state index contributed by atoms with van der Waals surface area (Å²) in [5.41, 5.74) is 0. The zero-order chi connectivity index (χ0) is 2.00. The molecule has 0 saturated heterocycles.